The molecule has 1 heterocycles. The van der Waals surface area contributed by atoms with Gasteiger partial charge < -0.3 is 5.32 Å². The van der Waals surface area contributed by atoms with Crippen LogP contribution in [0, 0.1) is 15.9 Å². The number of hydrogen-bond acceptors (Lipinski definition) is 4. The van der Waals surface area contributed by atoms with Crippen molar-refractivity contribution in [2.45, 2.75) is 0 Å². The van der Waals surface area contributed by atoms with Gasteiger partial charge in [0, 0.05) is 13.2 Å². The molecule has 2 aromatic rings. The Morgan fingerprint density at radius 1 is 1.47 bits per heavy atom. The molecule has 0 aliphatic rings. The molecule has 0 saturated carbocycles. The van der Waals surface area contributed by atoms with Crippen LogP contribution in [0.4, 0.5) is 10.1 Å². The smallest absolute Gasteiger partial charge is 0.330 e. The Morgan fingerprint density at radius 3 is 2.84 bits per heavy atom. The molecule has 1 aromatic carbocycles. The van der Waals surface area contributed by atoms with Crippen LogP contribution < -0.4 is 5.32 Å². The van der Waals surface area contributed by atoms with E-state index < -0.39 is 22.3 Å². The summed E-state index contributed by atoms with van der Waals surface area (Å²) in [7, 11) is 1.44. The van der Waals surface area contributed by atoms with Crippen LogP contribution in [-0.4, -0.2) is 27.7 Å². The second kappa shape index (κ2) is 4.84. The predicted molar refractivity (Wildman–Crippen MR) is 63.6 cm³/mol. The number of nitrogens with zero attached hydrogens (tertiary/aromatic N) is 3. The number of aromatic nitrogens is 2. The van der Waals surface area contributed by atoms with Crippen molar-refractivity contribution in [3.63, 3.8) is 0 Å². The molecule has 19 heavy (non-hydrogen) atoms. The summed E-state index contributed by atoms with van der Waals surface area (Å²) < 4.78 is 14.5. The van der Waals surface area contributed by atoms with Crippen molar-refractivity contribution >= 4 is 11.6 Å². The Hall–Kier alpha value is -2.77. The number of benzene rings is 1. The standard InChI is InChI=1S/C11H9FN4O3/c1-13-11(17)8-5-6-15(14-8)9-4-2-3-7(12)10(9)16(18)19/h2-6H,1H3,(H,13,17). The molecule has 7 nitrogen and oxygen atoms in total. The first kappa shape index (κ1) is 12.7. The molecule has 98 valence electrons. The second-order valence-electron chi connectivity index (χ2n) is 3.59. The molecule has 0 fully saturated rings. The van der Waals surface area contributed by atoms with Crippen molar-refractivity contribution in [2.75, 3.05) is 7.05 Å². The zero-order valence-electron chi connectivity index (χ0n) is 9.83. The van der Waals surface area contributed by atoms with Crippen LogP contribution in [0.1, 0.15) is 10.5 Å². The van der Waals surface area contributed by atoms with Crippen molar-refractivity contribution in [3.05, 3.63) is 52.1 Å². The van der Waals surface area contributed by atoms with Gasteiger partial charge in [-0.2, -0.15) is 9.49 Å². The van der Waals surface area contributed by atoms with E-state index in [0.29, 0.717) is 0 Å². The van der Waals surface area contributed by atoms with Gasteiger partial charge in [0.2, 0.25) is 5.82 Å². The van der Waals surface area contributed by atoms with E-state index in [0.717, 1.165) is 10.7 Å². The number of carbonyl (C=O) groups is 1. The Labute approximate surface area is 106 Å². The fourth-order valence-corrected chi connectivity index (χ4v) is 1.58. The molecule has 0 aliphatic heterocycles. The number of carbonyl (C=O) groups excluding carboxylic acids is 1. The Balaban J connectivity index is 2.53. The van der Waals surface area contributed by atoms with Crippen molar-refractivity contribution in [1.82, 2.24) is 15.1 Å². The average Bonchev–Trinajstić information content (AvgIpc) is 2.86. The number of nitro groups is 1. The topological polar surface area (TPSA) is 90.1 Å². The van der Waals surface area contributed by atoms with Gasteiger partial charge in [0.05, 0.1) is 4.92 Å². The van der Waals surface area contributed by atoms with Gasteiger partial charge in [-0.1, -0.05) is 6.07 Å². The summed E-state index contributed by atoms with van der Waals surface area (Å²) in [6.07, 6.45) is 1.35. The lowest BCUT2D eigenvalue weighted by Gasteiger charge is -2.03. The molecule has 0 aliphatic carbocycles. The molecular formula is C11H9FN4O3. The minimum absolute atomic E-state index is 0.0415. The van der Waals surface area contributed by atoms with Gasteiger partial charge in [0.25, 0.3) is 5.91 Å². The predicted octanol–water partition coefficient (Wildman–Crippen LogP) is 1.28. The molecule has 2 rings (SSSR count). The number of nitrogens with one attached hydrogen (secondary N) is 1. The maximum Gasteiger partial charge on any atom is 0.330 e. The Bertz CT molecular complexity index is 653. The van der Waals surface area contributed by atoms with E-state index in [1.807, 2.05) is 0 Å². The highest BCUT2D eigenvalue weighted by Crippen LogP contribution is 2.25. The first-order chi connectivity index (χ1) is 9.04. The number of para-hydroxylation sites is 1. The molecule has 0 saturated heterocycles. The fourth-order valence-electron chi connectivity index (χ4n) is 1.58. The lowest BCUT2D eigenvalue weighted by atomic mass is 10.2. The number of amides is 1. The maximum atomic E-state index is 13.5. The van der Waals surface area contributed by atoms with E-state index in [9.17, 15) is 19.3 Å². The summed E-state index contributed by atoms with van der Waals surface area (Å²) >= 11 is 0. The van der Waals surface area contributed by atoms with Crippen LogP contribution in [0.15, 0.2) is 30.5 Å². The van der Waals surface area contributed by atoms with Crippen LogP contribution in [0.3, 0.4) is 0 Å². The molecule has 0 bridgehead atoms. The zero-order chi connectivity index (χ0) is 14.0. The average molecular weight is 264 g/mol. The number of rotatable bonds is 3. The Morgan fingerprint density at radius 2 is 2.21 bits per heavy atom. The molecule has 1 amide bonds. The van der Waals surface area contributed by atoms with Crippen LogP contribution in [0.2, 0.25) is 0 Å². The highest BCUT2D eigenvalue weighted by Gasteiger charge is 2.22. The Kier molecular flexibility index (Phi) is 3.23. The third-order valence-electron chi connectivity index (χ3n) is 2.44. The van der Waals surface area contributed by atoms with E-state index >= 15 is 0 Å². The number of nitro benzene ring substituents is 1. The van der Waals surface area contributed by atoms with E-state index in [-0.39, 0.29) is 11.4 Å². The molecule has 0 radical (unpaired) electrons. The zero-order valence-corrected chi connectivity index (χ0v) is 9.83. The van der Waals surface area contributed by atoms with Gasteiger partial charge in [-0.05, 0) is 18.2 Å². The summed E-state index contributed by atoms with van der Waals surface area (Å²) in [5.41, 5.74) is -0.643. The summed E-state index contributed by atoms with van der Waals surface area (Å²) in [6.45, 7) is 0. The van der Waals surface area contributed by atoms with Gasteiger partial charge in [0.15, 0.2) is 5.69 Å². The highest BCUT2D eigenvalue weighted by atomic mass is 19.1. The van der Waals surface area contributed by atoms with Crippen LogP contribution >= 0.6 is 0 Å². The van der Waals surface area contributed by atoms with Crippen LogP contribution in [0.25, 0.3) is 5.69 Å². The van der Waals surface area contributed by atoms with Gasteiger partial charge in [-0.15, -0.1) is 0 Å². The lowest BCUT2D eigenvalue weighted by Crippen LogP contribution is -2.18. The van der Waals surface area contributed by atoms with E-state index in [1.165, 1.54) is 31.4 Å². The molecule has 1 N–H and O–H groups in total. The fraction of sp³-hybridized carbons (Fsp3) is 0.0909. The largest absolute Gasteiger partial charge is 0.354 e. The minimum atomic E-state index is -0.959. The summed E-state index contributed by atoms with van der Waals surface area (Å²) in [5, 5.41) is 17.1. The third-order valence-corrected chi connectivity index (χ3v) is 2.44. The number of hydrogen-bond donors (Lipinski definition) is 1. The second-order valence-corrected chi connectivity index (χ2v) is 3.59. The van der Waals surface area contributed by atoms with E-state index in [2.05, 4.69) is 10.4 Å². The summed E-state index contributed by atoms with van der Waals surface area (Å²) in [6, 6.07) is 5.05. The monoisotopic (exact) mass is 264 g/mol. The molecule has 0 unspecified atom stereocenters. The summed E-state index contributed by atoms with van der Waals surface area (Å²) in [4.78, 5) is 21.4. The first-order valence-corrected chi connectivity index (χ1v) is 5.25. The van der Waals surface area contributed by atoms with Gasteiger partial charge in [-0.3, -0.25) is 14.9 Å². The molecule has 8 heteroatoms. The molecule has 1 aromatic heterocycles. The SMILES string of the molecule is CNC(=O)c1ccn(-c2cccc(F)c2[N+](=O)[O-])n1. The lowest BCUT2D eigenvalue weighted by molar-refractivity contribution is -0.387. The normalized spacial score (nSPS) is 10.2. The molecule has 0 atom stereocenters. The van der Waals surface area contributed by atoms with Crippen LogP contribution in [0.5, 0.6) is 0 Å². The first-order valence-electron chi connectivity index (χ1n) is 5.25. The quantitative estimate of drug-likeness (QED) is 0.667. The maximum absolute atomic E-state index is 13.5. The van der Waals surface area contributed by atoms with E-state index in [1.54, 1.807) is 0 Å². The summed E-state index contributed by atoms with van der Waals surface area (Å²) in [5.74, 6) is -1.39. The molecule has 0 spiro atoms. The third kappa shape index (κ3) is 2.28. The number of halogens is 1. The van der Waals surface area contributed by atoms with Gasteiger partial charge >= 0.3 is 5.69 Å². The van der Waals surface area contributed by atoms with Crippen molar-refractivity contribution in [2.24, 2.45) is 0 Å². The van der Waals surface area contributed by atoms with Crippen molar-refractivity contribution < 1.29 is 14.1 Å². The highest BCUT2D eigenvalue weighted by molar-refractivity contribution is 5.91. The van der Waals surface area contributed by atoms with Crippen molar-refractivity contribution in [3.8, 4) is 5.69 Å². The van der Waals surface area contributed by atoms with Crippen LogP contribution in [-0.2, 0) is 0 Å². The van der Waals surface area contributed by atoms with E-state index in [4.69, 9.17) is 0 Å². The minimum Gasteiger partial charge on any atom is -0.354 e. The van der Waals surface area contributed by atoms with Gasteiger partial charge in [-0.25, -0.2) is 4.68 Å². The van der Waals surface area contributed by atoms with Crippen molar-refractivity contribution in [1.29, 1.82) is 0 Å². The van der Waals surface area contributed by atoms with Gasteiger partial charge in [0.1, 0.15) is 5.69 Å². The molecular weight excluding hydrogens is 255 g/mol.